The maximum absolute atomic E-state index is 4.95. The molecular formula is C17H18N4O. The summed E-state index contributed by atoms with van der Waals surface area (Å²) in [7, 11) is 1.59. The van der Waals surface area contributed by atoms with Gasteiger partial charge >= 0.3 is 0 Å². The molecule has 0 aliphatic rings. The van der Waals surface area contributed by atoms with Crippen LogP contribution in [0.2, 0.25) is 0 Å². The summed E-state index contributed by atoms with van der Waals surface area (Å²) in [5.74, 6) is 0.810. The molecule has 0 bridgehead atoms. The third-order valence-electron chi connectivity index (χ3n) is 3.44. The fourth-order valence-electron chi connectivity index (χ4n) is 2.27. The van der Waals surface area contributed by atoms with Crippen molar-refractivity contribution in [2.45, 2.75) is 13.5 Å². The number of aromatic nitrogens is 2. The molecule has 3 aromatic rings. The zero-order valence-electron chi connectivity index (χ0n) is 12.6. The third-order valence-corrected chi connectivity index (χ3v) is 3.44. The minimum Gasteiger partial charge on any atom is -0.365 e. The largest absolute Gasteiger partial charge is 0.365 e. The monoisotopic (exact) mass is 294 g/mol. The number of rotatable bonds is 5. The summed E-state index contributed by atoms with van der Waals surface area (Å²) < 4.78 is 0. The number of nitrogens with zero attached hydrogens (tertiary/aromatic N) is 2. The Labute approximate surface area is 129 Å². The van der Waals surface area contributed by atoms with Crippen LogP contribution in [0.5, 0.6) is 0 Å². The minimum absolute atomic E-state index is 0.717. The first-order valence-corrected chi connectivity index (χ1v) is 7.09. The van der Waals surface area contributed by atoms with Crippen LogP contribution in [0.25, 0.3) is 10.9 Å². The van der Waals surface area contributed by atoms with Crippen LogP contribution in [-0.4, -0.2) is 17.1 Å². The lowest BCUT2D eigenvalue weighted by molar-refractivity contribution is 0.271. The number of nitrogens with one attached hydrogen (secondary N) is 2. The number of benzene rings is 2. The van der Waals surface area contributed by atoms with E-state index in [9.17, 15) is 0 Å². The molecule has 0 radical (unpaired) electrons. The molecule has 22 heavy (non-hydrogen) atoms. The number of fused-ring (bicyclic) bond motifs is 1. The summed E-state index contributed by atoms with van der Waals surface area (Å²) in [4.78, 5) is 13.6. The molecule has 112 valence electrons. The van der Waals surface area contributed by atoms with Crippen molar-refractivity contribution in [3.05, 3.63) is 59.9 Å². The number of hydrogen-bond acceptors (Lipinski definition) is 5. The molecule has 0 unspecified atom stereocenters. The quantitative estimate of drug-likeness (QED) is 0.705. The summed E-state index contributed by atoms with van der Waals surface area (Å²) in [6.45, 7) is 2.80. The first-order valence-electron chi connectivity index (χ1n) is 7.09. The highest BCUT2D eigenvalue weighted by Crippen LogP contribution is 2.23. The van der Waals surface area contributed by atoms with Gasteiger partial charge in [0.05, 0.1) is 18.3 Å². The molecule has 0 spiro atoms. The van der Waals surface area contributed by atoms with E-state index in [4.69, 9.17) is 4.84 Å². The normalized spacial score (nSPS) is 10.6. The Balaban J connectivity index is 1.85. The molecule has 5 heteroatoms. The second kappa shape index (κ2) is 6.41. The molecule has 0 aliphatic heterocycles. The van der Waals surface area contributed by atoms with Gasteiger partial charge in [-0.2, -0.15) is 0 Å². The topological polar surface area (TPSA) is 59.1 Å². The van der Waals surface area contributed by atoms with E-state index in [1.54, 1.807) is 13.4 Å². The Hall–Kier alpha value is -2.66. The van der Waals surface area contributed by atoms with Gasteiger partial charge in [0.25, 0.3) is 0 Å². The Morgan fingerprint density at radius 1 is 1.05 bits per heavy atom. The SMILES string of the molecule is CONc1ccc2ncnc(NCc3ccc(C)cc3)c2c1. The van der Waals surface area contributed by atoms with E-state index < -0.39 is 0 Å². The third kappa shape index (κ3) is 3.15. The van der Waals surface area contributed by atoms with E-state index in [0.717, 1.165) is 22.4 Å². The van der Waals surface area contributed by atoms with Crippen LogP contribution in [0, 0.1) is 6.92 Å². The second-order valence-electron chi connectivity index (χ2n) is 5.10. The Morgan fingerprint density at radius 2 is 1.86 bits per heavy atom. The van der Waals surface area contributed by atoms with E-state index >= 15 is 0 Å². The second-order valence-corrected chi connectivity index (χ2v) is 5.10. The fourth-order valence-corrected chi connectivity index (χ4v) is 2.27. The fraction of sp³-hybridized carbons (Fsp3) is 0.176. The van der Waals surface area contributed by atoms with Crippen LogP contribution in [0.4, 0.5) is 11.5 Å². The Kier molecular flexibility index (Phi) is 4.16. The molecule has 0 saturated carbocycles. The summed E-state index contributed by atoms with van der Waals surface area (Å²) in [6.07, 6.45) is 1.57. The molecule has 0 atom stereocenters. The Morgan fingerprint density at radius 3 is 2.64 bits per heavy atom. The van der Waals surface area contributed by atoms with Gasteiger partial charge in [0.2, 0.25) is 0 Å². The average molecular weight is 294 g/mol. The summed E-state index contributed by atoms with van der Waals surface area (Å²) in [5.41, 5.74) is 7.05. The highest BCUT2D eigenvalue weighted by Gasteiger charge is 2.05. The summed E-state index contributed by atoms with van der Waals surface area (Å²) >= 11 is 0. The molecule has 0 fully saturated rings. The highest BCUT2D eigenvalue weighted by molar-refractivity contribution is 5.91. The average Bonchev–Trinajstić information content (AvgIpc) is 2.55. The van der Waals surface area contributed by atoms with Gasteiger partial charge < -0.3 is 5.32 Å². The van der Waals surface area contributed by atoms with Crippen LogP contribution < -0.4 is 10.8 Å². The lowest BCUT2D eigenvalue weighted by Gasteiger charge is -2.10. The van der Waals surface area contributed by atoms with Gasteiger partial charge in [-0.05, 0) is 30.7 Å². The standard InChI is InChI=1S/C17H18N4O/c1-12-3-5-13(6-4-12)10-18-17-15-9-14(21-22-2)7-8-16(15)19-11-20-17/h3-9,11,21H,10H2,1-2H3,(H,18,19,20). The van der Waals surface area contributed by atoms with Gasteiger partial charge in [-0.3, -0.25) is 10.3 Å². The van der Waals surface area contributed by atoms with Crippen molar-refractivity contribution in [3.8, 4) is 0 Å². The molecular weight excluding hydrogens is 276 g/mol. The highest BCUT2D eigenvalue weighted by atomic mass is 16.6. The lowest BCUT2D eigenvalue weighted by Crippen LogP contribution is -2.03. The van der Waals surface area contributed by atoms with Gasteiger partial charge in [0.15, 0.2) is 0 Å². The minimum atomic E-state index is 0.717. The Bertz CT molecular complexity index is 771. The van der Waals surface area contributed by atoms with E-state index in [0.29, 0.717) is 6.54 Å². The van der Waals surface area contributed by atoms with Crippen molar-refractivity contribution in [1.82, 2.24) is 9.97 Å². The van der Waals surface area contributed by atoms with Crippen LogP contribution in [-0.2, 0) is 11.4 Å². The van der Waals surface area contributed by atoms with E-state index in [1.807, 2.05) is 18.2 Å². The van der Waals surface area contributed by atoms with Crippen molar-refractivity contribution >= 4 is 22.4 Å². The first-order chi connectivity index (χ1) is 10.8. The number of aryl methyl sites for hydroxylation is 1. The predicted octanol–water partition coefficient (Wildman–Crippen LogP) is 3.52. The van der Waals surface area contributed by atoms with Crippen molar-refractivity contribution < 1.29 is 4.84 Å². The molecule has 2 N–H and O–H groups in total. The van der Waals surface area contributed by atoms with Gasteiger partial charge in [0.1, 0.15) is 12.1 Å². The van der Waals surface area contributed by atoms with Crippen LogP contribution >= 0.6 is 0 Å². The molecule has 3 rings (SSSR count). The maximum Gasteiger partial charge on any atom is 0.137 e. The zero-order valence-corrected chi connectivity index (χ0v) is 12.6. The lowest BCUT2D eigenvalue weighted by atomic mass is 10.1. The van der Waals surface area contributed by atoms with Crippen LogP contribution in [0.3, 0.4) is 0 Å². The molecule has 0 aliphatic carbocycles. The summed E-state index contributed by atoms with van der Waals surface area (Å²) in [6, 6.07) is 14.3. The predicted molar refractivity (Wildman–Crippen MR) is 88.7 cm³/mol. The smallest absolute Gasteiger partial charge is 0.137 e. The van der Waals surface area contributed by atoms with Gasteiger partial charge in [0, 0.05) is 11.9 Å². The van der Waals surface area contributed by atoms with Crippen molar-refractivity contribution in [3.63, 3.8) is 0 Å². The molecule has 1 aromatic heterocycles. The zero-order chi connectivity index (χ0) is 15.4. The van der Waals surface area contributed by atoms with E-state index in [2.05, 4.69) is 52.0 Å². The van der Waals surface area contributed by atoms with Gasteiger partial charge in [-0.15, -0.1) is 0 Å². The van der Waals surface area contributed by atoms with E-state index in [1.165, 1.54) is 11.1 Å². The van der Waals surface area contributed by atoms with Gasteiger partial charge in [-0.1, -0.05) is 29.8 Å². The molecule has 2 aromatic carbocycles. The molecule has 1 heterocycles. The maximum atomic E-state index is 4.95. The van der Waals surface area contributed by atoms with Crippen molar-refractivity contribution in [2.24, 2.45) is 0 Å². The molecule has 5 nitrogen and oxygen atoms in total. The van der Waals surface area contributed by atoms with Crippen molar-refractivity contribution in [1.29, 1.82) is 0 Å². The molecule has 0 saturated heterocycles. The molecule has 0 amide bonds. The number of anilines is 2. The first kappa shape index (κ1) is 14.3. The van der Waals surface area contributed by atoms with Crippen LogP contribution in [0.1, 0.15) is 11.1 Å². The van der Waals surface area contributed by atoms with Crippen molar-refractivity contribution in [2.75, 3.05) is 17.9 Å². The van der Waals surface area contributed by atoms with Crippen LogP contribution in [0.15, 0.2) is 48.8 Å². The number of hydrogen-bond donors (Lipinski definition) is 2. The van der Waals surface area contributed by atoms with E-state index in [-0.39, 0.29) is 0 Å². The summed E-state index contributed by atoms with van der Waals surface area (Å²) in [5, 5.41) is 4.33. The van der Waals surface area contributed by atoms with Gasteiger partial charge in [-0.25, -0.2) is 9.97 Å².